The fourth-order valence-electron chi connectivity index (χ4n) is 2.03. The number of nitrogens with two attached hydrogens (primary N) is 1. The first-order valence-corrected chi connectivity index (χ1v) is 8.05. The smallest absolute Gasteiger partial charge is 0.268 e. The topological polar surface area (TPSA) is 71.7 Å². The van der Waals surface area contributed by atoms with Crippen LogP contribution in [0.2, 0.25) is 0 Å². The van der Waals surface area contributed by atoms with Crippen molar-refractivity contribution in [3.8, 4) is 0 Å². The fraction of sp³-hybridized carbons (Fsp3) is 0.714. The number of hydrogen-bond acceptors (Lipinski definition) is 6. The SMILES string of the molecule is CCC(C)(C)N(C)C(=O)c1sc(N2CCOCC2)nc1N. The number of carbonyl (C=O) groups is 1. The first-order chi connectivity index (χ1) is 9.86. The molecule has 1 fully saturated rings. The Hall–Kier alpha value is -1.34. The molecule has 0 unspecified atom stereocenters. The van der Waals surface area contributed by atoms with E-state index in [-0.39, 0.29) is 11.4 Å². The van der Waals surface area contributed by atoms with E-state index in [1.165, 1.54) is 11.3 Å². The monoisotopic (exact) mass is 312 g/mol. The molecule has 0 bridgehead atoms. The van der Waals surface area contributed by atoms with Crippen LogP contribution in [0.5, 0.6) is 0 Å². The summed E-state index contributed by atoms with van der Waals surface area (Å²) in [6.07, 6.45) is 0.879. The molecule has 21 heavy (non-hydrogen) atoms. The molecule has 1 aromatic heterocycles. The van der Waals surface area contributed by atoms with Crippen LogP contribution in [0.3, 0.4) is 0 Å². The highest BCUT2D eigenvalue weighted by Crippen LogP contribution is 2.31. The molecule has 0 aromatic carbocycles. The van der Waals surface area contributed by atoms with E-state index in [4.69, 9.17) is 10.5 Å². The normalized spacial score (nSPS) is 16.1. The molecule has 0 spiro atoms. The number of thiazole rings is 1. The highest BCUT2D eigenvalue weighted by atomic mass is 32.1. The van der Waals surface area contributed by atoms with Crippen LogP contribution in [0.25, 0.3) is 0 Å². The van der Waals surface area contributed by atoms with Crippen LogP contribution in [-0.4, -0.2) is 54.7 Å². The van der Waals surface area contributed by atoms with Gasteiger partial charge in [0, 0.05) is 25.7 Å². The van der Waals surface area contributed by atoms with Crippen molar-refractivity contribution in [2.45, 2.75) is 32.7 Å². The highest BCUT2D eigenvalue weighted by Gasteiger charge is 2.30. The van der Waals surface area contributed by atoms with Crippen LogP contribution in [0.1, 0.15) is 36.9 Å². The zero-order chi connectivity index (χ0) is 15.6. The van der Waals surface area contributed by atoms with Gasteiger partial charge in [-0.05, 0) is 20.3 Å². The number of aromatic nitrogens is 1. The maximum absolute atomic E-state index is 12.6. The number of ether oxygens (including phenoxy) is 1. The minimum atomic E-state index is -0.202. The van der Waals surface area contributed by atoms with Crippen molar-refractivity contribution in [2.75, 3.05) is 44.0 Å². The molecule has 1 amide bonds. The first kappa shape index (κ1) is 16.0. The standard InChI is InChI=1S/C14H24N4O2S/c1-5-14(2,3)17(4)12(19)10-11(15)16-13(21-10)18-6-8-20-9-7-18/h5-9,15H2,1-4H3. The number of carbonyl (C=O) groups excluding carboxylic acids is 1. The molecule has 2 heterocycles. The molecule has 2 N–H and O–H groups in total. The molecule has 1 aliphatic heterocycles. The van der Waals surface area contributed by atoms with Gasteiger partial charge >= 0.3 is 0 Å². The molecular weight excluding hydrogens is 288 g/mol. The number of nitrogens with zero attached hydrogens (tertiary/aromatic N) is 3. The number of amides is 1. The summed E-state index contributed by atoms with van der Waals surface area (Å²) < 4.78 is 5.33. The molecule has 0 aliphatic carbocycles. The second-order valence-corrected chi connectivity index (χ2v) is 6.82. The van der Waals surface area contributed by atoms with E-state index in [1.54, 1.807) is 4.90 Å². The Bertz CT molecular complexity index is 509. The van der Waals surface area contributed by atoms with Crippen LogP contribution in [0.4, 0.5) is 10.9 Å². The van der Waals surface area contributed by atoms with Gasteiger partial charge in [0.1, 0.15) is 10.7 Å². The number of morpholine rings is 1. The van der Waals surface area contributed by atoms with Crippen LogP contribution in [-0.2, 0) is 4.74 Å². The van der Waals surface area contributed by atoms with Crippen LogP contribution < -0.4 is 10.6 Å². The van der Waals surface area contributed by atoms with Gasteiger partial charge in [-0.3, -0.25) is 4.79 Å². The van der Waals surface area contributed by atoms with E-state index < -0.39 is 0 Å². The zero-order valence-electron chi connectivity index (χ0n) is 13.2. The minimum Gasteiger partial charge on any atom is -0.382 e. The summed E-state index contributed by atoms with van der Waals surface area (Å²) in [7, 11) is 1.82. The van der Waals surface area contributed by atoms with Crippen LogP contribution in [0, 0.1) is 0 Å². The second-order valence-electron chi connectivity index (χ2n) is 5.84. The van der Waals surface area contributed by atoms with Gasteiger partial charge in [0.2, 0.25) is 0 Å². The molecule has 118 valence electrons. The van der Waals surface area contributed by atoms with Gasteiger partial charge in [0.25, 0.3) is 5.91 Å². The van der Waals surface area contributed by atoms with E-state index >= 15 is 0 Å². The molecule has 1 aromatic rings. The lowest BCUT2D eigenvalue weighted by molar-refractivity contribution is 0.0626. The van der Waals surface area contributed by atoms with Gasteiger partial charge in [0.15, 0.2) is 5.13 Å². The van der Waals surface area contributed by atoms with Crippen molar-refractivity contribution in [3.63, 3.8) is 0 Å². The average molecular weight is 312 g/mol. The lowest BCUT2D eigenvalue weighted by Gasteiger charge is -2.34. The minimum absolute atomic E-state index is 0.0589. The predicted molar refractivity (Wildman–Crippen MR) is 86.0 cm³/mol. The van der Waals surface area contributed by atoms with Crippen molar-refractivity contribution < 1.29 is 9.53 Å². The first-order valence-electron chi connectivity index (χ1n) is 7.24. The van der Waals surface area contributed by atoms with Crippen molar-refractivity contribution in [1.29, 1.82) is 0 Å². The maximum atomic E-state index is 12.6. The Morgan fingerprint density at radius 3 is 2.67 bits per heavy atom. The lowest BCUT2D eigenvalue weighted by Crippen LogP contribution is -2.44. The lowest BCUT2D eigenvalue weighted by atomic mass is 10.00. The molecular formula is C14H24N4O2S. The molecule has 0 atom stereocenters. The Morgan fingerprint density at radius 2 is 2.10 bits per heavy atom. The Balaban J connectivity index is 2.20. The Morgan fingerprint density at radius 1 is 1.48 bits per heavy atom. The average Bonchev–Trinajstić information content (AvgIpc) is 2.88. The molecule has 6 nitrogen and oxygen atoms in total. The summed E-state index contributed by atoms with van der Waals surface area (Å²) in [6, 6.07) is 0. The third-order valence-electron chi connectivity index (χ3n) is 4.20. The summed E-state index contributed by atoms with van der Waals surface area (Å²) in [5.74, 6) is 0.265. The zero-order valence-corrected chi connectivity index (χ0v) is 14.0. The van der Waals surface area contributed by atoms with Gasteiger partial charge in [-0.1, -0.05) is 18.3 Å². The van der Waals surface area contributed by atoms with Crippen molar-refractivity contribution in [3.05, 3.63) is 4.88 Å². The fourth-order valence-corrected chi connectivity index (χ4v) is 3.04. The third kappa shape index (κ3) is 3.29. The Labute approximate surface area is 129 Å². The van der Waals surface area contributed by atoms with Crippen LogP contribution >= 0.6 is 11.3 Å². The van der Waals surface area contributed by atoms with Gasteiger partial charge in [-0.2, -0.15) is 0 Å². The number of anilines is 2. The highest BCUT2D eigenvalue weighted by molar-refractivity contribution is 7.18. The largest absolute Gasteiger partial charge is 0.382 e. The van der Waals surface area contributed by atoms with Crippen LogP contribution in [0.15, 0.2) is 0 Å². The van der Waals surface area contributed by atoms with E-state index in [1.807, 2.05) is 20.9 Å². The number of rotatable bonds is 4. The number of hydrogen-bond donors (Lipinski definition) is 1. The molecule has 7 heteroatoms. The molecule has 0 saturated carbocycles. The summed E-state index contributed by atoms with van der Waals surface area (Å²) in [5.41, 5.74) is 5.76. The van der Waals surface area contributed by atoms with Gasteiger partial charge in [-0.25, -0.2) is 4.98 Å². The maximum Gasteiger partial charge on any atom is 0.268 e. The summed E-state index contributed by atoms with van der Waals surface area (Å²) >= 11 is 1.37. The molecule has 1 saturated heterocycles. The van der Waals surface area contributed by atoms with Gasteiger partial charge in [0.05, 0.1) is 13.2 Å². The van der Waals surface area contributed by atoms with E-state index in [0.717, 1.165) is 24.6 Å². The Kier molecular flexibility index (Phi) is 4.73. The van der Waals surface area contributed by atoms with Crippen molar-refractivity contribution >= 4 is 28.2 Å². The molecule has 0 radical (unpaired) electrons. The quantitative estimate of drug-likeness (QED) is 0.918. The predicted octanol–water partition coefficient (Wildman–Crippen LogP) is 1.82. The summed E-state index contributed by atoms with van der Waals surface area (Å²) in [5, 5.41) is 0.807. The second kappa shape index (κ2) is 6.19. The van der Waals surface area contributed by atoms with Crippen molar-refractivity contribution in [1.82, 2.24) is 9.88 Å². The molecule has 2 rings (SSSR count). The van der Waals surface area contributed by atoms with E-state index in [2.05, 4.69) is 16.8 Å². The third-order valence-corrected chi connectivity index (χ3v) is 5.32. The van der Waals surface area contributed by atoms with E-state index in [9.17, 15) is 4.79 Å². The molecule has 1 aliphatic rings. The van der Waals surface area contributed by atoms with Crippen molar-refractivity contribution in [2.24, 2.45) is 0 Å². The summed E-state index contributed by atoms with van der Waals surface area (Å²) in [6.45, 7) is 9.11. The summed E-state index contributed by atoms with van der Waals surface area (Å²) in [4.78, 5) is 21.4. The number of nitrogen functional groups attached to an aromatic ring is 1. The van der Waals surface area contributed by atoms with Gasteiger partial charge < -0.3 is 20.3 Å². The van der Waals surface area contributed by atoms with Gasteiger partial charge in [-0.15, -0.1) is 0 Å². The van der Waals surface area contributed by atoms with E-state index in [0.29, 0.717) is 23.9 Å².